The summed E-state index contributed by atoms with van der Waals surface area (Å²) in [5.41, 5.74) is 2.22. The lowest BCUT2D eigenvalue weighted by molar-refractivity contribution is -0.114. The number of carbonyl (C=O) groups excluding carboxylic acids is 2. The minimum absolute atomic E-state index is 0.0317. The van der Waals surface area contributed by atoms with Crippen LogP contribution in [0.15, 0.2) is 18.2 Å². The van der Waals surface area contributed by atoms with Crippen molar-refractivity contribution in [2.45, 2.75) is 33.1 Å². The maximum atomic E-state index is 12.6. The van der Waals surface area contributed by atoms with Crippen molar-refractivity contribution in [2.24, 2.45) is 5.92 Å². The number of benzene rings is 1. The number of hydrogen-bond acceptors (Lipinski definition) is 7. The number of anilines is 2. The van der Waals surface area contributed by atoms with E-state index in [-0.39, 0.29) is 18.4 Å². The van der Waals surface area contributed by atoms with Crippen LogP contribution in [-0.2, 0) is 22.4 Å². The molecule has 0 aliphatic heterocycles. The van der Waals surface area contributed by atoms with Crippen LogP contribution in [0.25, 0.3) is 0 Å². The van der Waals surface area contributed by atoms with Crippen LogP contribution in [0.2, 0.25) is 0 Å². The summed E-state index contributed by atoms with van der Waals surface area (Å²) in [7, 11) is 3.14. The summed E-state index contributed by atoms with van der Waals surface area (Å²) in [6.07, 6.45) is 2.78. The monoisotopic (exact) mass is 432 g/mol. The number of rotatable bonds is 8. The molecule has 1 aliphatic carbocycles. The molecular weight excluding hydrogens is 404 g/mol. The number of amides is 1. The molecule has 1 unspecified atom stereocenters. The van der Waals surface area contributed by atoms with Gasteiger partial charge in [-0.15, -0.1) is 11.3 Å². The van der Waals surface area contributed by atoms with E-state index >= 15 is 0 Å². The van der Waals surface area contributed by atoms with Gasteiger partial charge in [0.2, 0.25) is 5.91 Å². The Morgan fingerprint density at radius 1 is 1.23 bits per heavy atom. The van der Waals surface area contributed by atoms with E-state index in [4.69, 9.17) is 14.2 Å². The van der Waals surface area contributed by atoms with Crippen molar-refractivity contribution in [2.75, 3.05) is 38.0 Å². The van der Waals surface area contributed by atoms with Crippen LogP contribution in [0.5, 0.6) is 11.5 Å². The number of esters is 1. The van der Waals surface area contributed by atoms with E-state index in [0.717, 1.165) is 29.7 Å². The molecule has 0 bridgehead atoms. The van der Waals surface area contributed by atoms with Crippen molar-refractivity contribution in [1.82, 2.24) is 0 Å². The third-order valence-corrected chi connectivity index (χ3v) is 6.26. The van der Waals surface area contributed by atoms with E-state index in [9.17, 15) is 9.59 Å². The zero-order chi connectivity index (χ0) is 21.7. The SMILES string of the molecule is CCOC(=O)c1c(NC(=O)CNc2ccc(OC)cc2OC)sc2c1CCC(C)C2. The van der Waals surface area contributed by atoms with Crippen molar-refractivity contribution in [1.29, 1.82) is 0 Å². The molecule has 0 fully saturated rings. The number of carbonyl (C=O) groups is 2. The van der Waals surface area contributed by atoms with Gasteiger partial charge in [0, 0.05) is 10.9 Å². The topological polar surface area (TPSA) is 85.9 Å². The molecule has 2 aromatic rings. The first-order valence-electron chi connectivity index (χ1n) is 10.0. The van der Waals surface area contributed by atoms with E-state index < -0.39 is 0 Å². The minimum atomic E-state index is -0.371. The zero-order valence-electron chi connectivity index (χ0n) is 17.8. The van der Waals surface area contributed by atoms with Gasteiger partial charge in [0.15, 0.2) is 0 Å². The van der Waals surface area contributed by atoms with E-state index in [0.29, 0.717) is 40.3 Å². The van der Waals surface area contributed by atoms with Gasteiger partial charge in [-0.2, -0.15) is 0 Å². The standard InChI is InChI=1S/C22H28N2O5S/c1-5-29-22(26)20-15-8-6-13(2)10-18(15)30-21(20)24-19(25)12-23-16-9-7-14(27-3)11-17(16)28-4/h7,9,11,13,23H,5-6,8,10,12H2,1-4H3,(H,24,25). The minimum Gasteiger partial charge on any atom is -0.497 e. The zero-order valence-corrected chi connectivity index (χ0v) is 18.6. The maximum absolute atomic E-state index is 12.6. The molecule has 1 heterocycles. The molecule has 8 heteroatoms. The fraction of sp³-hybridized carbons (Fsp3) is 0.455. The van der Waals surface area contributed by atoms with Gasteiger partial charge < -0.3 is 24.8 Å². The summed E-state index contributed by atoms with van der Waals surface area (Å²) in [6.45, 7) is 4.32. The highest BCUT2D eigenvalue weighted by molar-refractivity contribution is 7.17. The molecule has 1 aliphatic rings. The molecule has 3 rings (SSSR count). The van der Waals surface area contributed by atoms with Gasteiger partial charge >= 0.3 is 5.97 Å². The predicted octanol–water partition coefficient (Wildman–Crippen LogP) is 4.12. The third kappa shape index (κ3) is 4.87. The first-order valence-corrected chi connectivity index (χ1v) is 10.9. The predicted molar refractivity (Wildman–Crippen MR) is 118 cm³/mol. The molecular formula is C22H28N2O5S. The molecule has 0 saturated carbocycles. The summed E-state index contributed by atoms with van der Waals surface area (Å²) >= 11 is 1.48. The summed E-state index contributed by atoms with van der Waals surface area (Å²) in [5, 5.41) is 6.55. The average Bonchev–Trinajstić information content (AvgIpc) is 3.08. The Labute approximate surface area is 180 Å². The second-order valence-corrected chi connectivity index (χ2v) is 8.35. The van der Waals surface area contributed by atoms with Crippen LogP contribution in [0.1, 0.15) is 41.1 Å². The van der Waals surface area contributed by atoms with E-state index in [1.54, 1.807) is 39.3 Å². The number of hydrogen-bond donors (Lipinski definition) is 2. The van der Waals surface area contributed by atoms with E-state index in [2.05, 4.69) is 17.6 Å². The molecule has 1 amide bonds. The number of thiophene rings is 1. The molecule has 1 atom stereocenters. The van der Waals surface area contributed by atoms with Crippen LogP contribution in [0.3, 0.4) is 0 Å². The number of nitrogens with one attached hydrogen (secondary N) is 2. The smallest absolute Gasteiger partial charge is 0.341 e. The molecule has 0 saturated heterocycles. The Balaban J connectivity index is 1.74. The van der Waals surface area contributed by atoms with Gasteiger partial charge in [-0.25, -0.2) is 4.79 Å². The average molecular weight is 433 g/mol. The molecule has 1 aromatic heterocycles. The van der Waals surface area contributed by atoms with Gasteiger partial charge in [0.25, 0.3) is 0 Å². The summed E-state index contributed by atoms with van der Waals surface area (Å²) in [6, 6.07) is 5.32. The molecule has 0 spiro atoms. The Kier molecular flexibility index (Phi) is 7.20. The first kappa shape index (κ1) is 22.0. The lowest BCUT2D eigenvalue weighted by Gasteiger charge is -2.18. The van der Waals surface area contributed by atoms with Gasteiger partial charge in [0.05, 0.1) is 38.6 Å². The molecule has 162 valence electrons. The number of fused-ring (bicyclic) bond motifs is 1. The summed E-state index contributed by atoms with van der Waals surface area (Å²) in [5.74, 6) is 1.20. The molecule has 30 heavy (non-hydrogen) atoms. The van der Waals surface area contributed by atoms with Crippen molar-refractivity contribution in [3.05, 3.63) is 34.2 Å². The Bertz CT molecular complexity index is 924. The van der Waals surface area contributed by atoms with Crippen molar-refractivity contribution < 1.29 is 23.8 Å². The normalized spacial score (nSPS) is 15.1. The summed E-state index contributed by atoms with van der Waals surface area (Å²) < 4.78 is 15.8. The van der Waals surface area contributed by atoms with Crippen molar-refractivity contribution in [3.8, 4) is 11.5 Å². The Hall–Kier alpha value is -2.74. The van der Waals surface area contributed by atoms with Gasteiger partial charge in [0.1, 0.15) is 16.5 Å². The highest BCUT2D eigenvalue weighted by Gasteiger charge is 2.29. The molecule has 1 aromatic carbocycles. The fourth-order valence-corrected chi connectivity index (χ4v) is 4.96. The Morgan fingerprint density at radius 2 is 2.03 bits per heavy atom. The second kappa shape index (κ2) is 9.84. The summed E-state index contributed by atoms with van der Waals surface area (Å²) in [4.78, 5) is 26.4. The molecule has 7 nitrogen and oxygen atoms in total. The van der Waals surface area contributed by atoms with E-state index in [1.807, 2.05) is 0 Å². The lowest BCUT2D eigenvalue weighted by atomic mass is 9.88. The lowest BCUT2D eigenvalue weighted by Crippen LogP contribution is -2.23. The number of ether oxygens (including phenoxy) is 3. The molecule has 0 radical (unpaired) electrons. The highest BCUT2D eigenvalue weighted by atomic mass is 32.1. The van der Waals surface area contributed by atoms with Crippen LogP contribution >= 0.6 is 11.3 Å². The molecule has 2 N–H and O–H groups in total. The van der Waals surface area contributed by atoms with Gasteiger partial charge in [-0.3, -0.25) is 4.79 Å². The van der Waals surface area contributed by atoms with Crippen LogP contribution in [0, 0.1) is 5.92 Å². The Morgan fingerprint density at radius 3 is 2.73 bits per heavy atom. The first-order chi connectivity index (χ1) is 14.5. The van der Waals surface area contributed by atoms with Crippen LogP contribution in [0.4, 0.5) is 10.7 Å². The van der Waals surface area contributed by atoms with E-state index in [1.165, 1.54) is 11.3 Å². The van der Waals surface area contributed by atoms with Crippen LogP contribution in [-0.4, -0.2) is 39.2 Å². The van der Waals surface area contributed by atoms with Crippen molar-refractivity contribution >= 4 is 33.9 Å². The van der Waals surface area contributed by atoms with Gasteiger partial charge in [-0.05, 0) is 49.8 Å². The number of methoxy groups -OCH3 is 2. The van der Waals surface area contributed by atoms with Gasteiger partial charge in [-0.1, -0.05) is 6.92 Å². The van der Waals surface area contributed by atoms with Crippen molar-refractivity contribution in [3.63, 3.8) is 0 Å². The largest absolute Gasteiger partial charge is 0.497 e. The quantitative estimate of drug-likeness (QED) is 0.611. The third-order valence-electron chi connectivity index (χ3n) is 5.09. The maximum Gasteiger partial charge on any atom is 0.341 e. The van der Waals surface area contributed by atoms with Crippen LogP contribution < -0.4 is 20.1 Å². The highest BCUT2D eigenvalue weighted by Crippen LogP contribution is 2.40. The second-order valence-electron chi connectivity index (χ2n) is 7.24. The fourth-order valence-electron chi connectivity index (χ4n) is 3.55.